The average Bonchev–Trinajstić information content (AvgIpc) is 3.14. The molecular weight excluding hydrogens is 458 g/mol. The van der Waals surface area contributed by atoms with Crippen LogP contribution in [0.1, 0.15) is 32.9 Å². The second-order valence-electron chi connectivity index (χ2n) is 8.76. The van der Waals surface area contributed by atoms with Gasteiger partial charge < -0.3 is 14.8 Å². The fourth-order valence-corrected chi connectivity index (χ4v) is 3.47. The quantitative estimate of drug-likeness (QED) is 0.614. The summed E-state index contributed by atoms with van der Waals surface area (Å²) in [5.41, 5.74) is 0.0329. The van der Waals surface area contributed by atoms with Crippen LogP contribution >= 0.6 is 0 Å². The molecule has 1 N–H and O–H groups in total. The first-order chi connectivity index (χ1) is 15.9. The number of alkyl halides is 3. The van der Waals surface area contributed by atoms with E-state index in [1.807, 2.05) is 0 Å². The van der Waals surface area contributed by atoms with Crippen molar-refractivity contribution in [3.63, 3.8) is 0 Å². The van der Waals surface area contributed by atoms with E-state index >= 15 is 0 Å². The van der Waals surface area contributed by atoms with E-state index < -0.39 is 42.2 Å². The molecule has 1 aromatic carbocycles. The molecule has 3 rings (SSSR count). The zero-order chi connectivity index (χ0) is 25.0. The van der Waals surface area contributed by atoms with Gasteiger partial charge in [0.1, 0.15) is 29.4 Å². The van der Waals surface area contributed by atoms with Crippen LogP contribution in [0.5, 0.6) is 5.75 Å². The van der Waals surface area contributed by atoms with Gasteiger partial charge in [-0.3, -0.25) is 14.7 Å². The summed E-state index contributed by atoms with van der Waals surface area (Å²) in [6.07, 6.45) is -1.34. The summed E-state index contributed by atoms with van der Waals surface area (Å²) in [7, 11) is 0. The molecule has 0 aliphatic carbocycles. The van der Waals surface area contributed by atoms with Gasteiger partial charge in [-0.25, -0.2) is 13.6 Å². The van der Waals surface area contributed by atoms with Gasteiger partial charge in [-0.05, 0) is 44.5 Å². The average molecular weight is 483 g/mol. The molecule has 1 saturated heterocycles. The lowest BCUT2D eigenvalue weighted by Gasteiger charge is -2.27. The molecule has 184 valence electrons. The van der Waals surface area contributed by atoms with Crippen molar-refractivity contribution >= 4 is 12.0 Å². The molecule has 2 aromatic rings. The number of hydrogen-bond donors (Lipinski definition) is 1. The Hall–Kier alpha value is -3.37. The number of nitrogens with zero attached hydrogens (tertiary/aromatic N) is 2. The molecule has 2 amide bonds. The topological polar surface area (TPSA) is 80.8 Å². The fraction of sp³-hybridized carbons (Fsp3) is 0.435. The number of carbonyl (C=O) groups is 2. The molecule has 0 saturated carbocycles. The number of aromatic nitrogens is 1. The smallest absolute Gasteiger partial charge is 0.411 e. The lowest BCUT2D eigenvalue weighted by molar-refractivity contribution is -0.125. The van der Waals surface area contributed by atoms with Crippen LogP contribution in [0.2, 0.25) is 0 Å². The van der Waals surface area contributed by atoms with E-state index in [1.54, 1.807) is 20.8 Å². The van der Waals surface area contributed by atoms with E-state index in [1.165, 1.54) is 30.3 Å². The molecule has 0 radical (unpaired) electrons. The predicted octanol–water partition coefficient (Wildman–Crippen LogP) is 4.45. The maximum atomic E-state index is 14.3. The number of hydrogen-bond acceptors (Lipinski definition) is 5. The number of amides is 2. The molecule has 7 nitrogen and oxygen atoms in total. The van der Waals surface area contributed by atoms with Gasteiger partial charge in [-0.2, -0.15) is 8.78 Å². The number of rotatable bonds is 6. The van der Waals surface area contributed by atoms with Crippen LogP contribution < -0.4 is 10.1 Å². The number of likely N-dealkylation sites (tertiary alicyclic amines) is 1. The van der Waals surface area contributed by atoms with Gasteiger partial charge in [0.15, 0.2) is 0 Å². The Morgan fingerprint density at radius 3 is 2.53 bits per heavy atom. The Bertz CT molecular complexity index is 1030. The number of ether oxygens (including phenoxy) is 2. The Morgan fingerprint density at radius 2 is 1.91 bits per heavy atom. The molecule has 11 heteroatoms. The van der Waals surface area contributed by atoms with Gasteiger partial charge >= 0.3 is 12.7 Å². The van der Waals surface area contributed by atoms with Crippen LogP contribution in [0.15, 0.2) is 36.5 Å². The fourth-order valence-electron chi connectivity index (χ4n) is 3.47. The molecule has 2 atom stereocenters. The van der Waals surface area contributed by atoms with E-state index in [4.69, 9.17) is 4.74 Å². The number of pyridine rings is 1. The van der Waals surface area contributed by atoms with Crippen molar-refractivity contribution in [2.24, 2.45) is 0 Å². The maximum Gasteiger partial charge on any atom is 0.411 e. The molecule has 0 bridgehead atoms. The standard InChI is InChI=1S/C23H25F4N3O4/c1-23(2,3)34-22(32)30-12-14(24)8-19(30)20(31)29-10-15-9-17(18(25)11-28-15)13-4-6-16(7-5-13)33-21(26)27/h4-7,9,11,14,19,21H,8,10,12H2,1-3H3,(H,29,31)/t14-,19+/m1/s1. The lowest BCUT2D eigenvalue weighted by atomic mass is 10.1. The lowest BCUT2D eigenvalue weighted by Crippen LogP contribution is -2.47. The normalized spacial score (nSPS) is 18.2. The number of benzene rings is 1. The SMILES string of the molecule is CC(C)(C)OC(=O)N1C[C@H](F)C[C@H]1C(=O)NCc1cc(-c2ccc(OC(F)F)cc2)c(F)cn1. The monoisotopic (exact) mass is 483 g/mol. The summed E-state index contributed by atoms with van der Waals surface area (Å²) in [6, 6.07) is 5.74. The zero-order valence-electron chi connectivity index (χ0n) is 18.9. The molecule has 1 aliphatic heterocycles. The van der Waals surface area contributed by atoms with Crippen LogP contribution in [-0.4, -0.2) is 52.9 Å². The van der Waals surface area contributed by atoms with Crippen LogP contribution in [0, 0.1) is 5.82 Å². The Morgan fingerprint density at radius 1 is 1.24 bits per heavy atom. The molecule has 1 aliphatic rings. The molecule has 2 heterocycles. The summed E-state index contributed by atoms with van der Waals surface area (Å²) >= 11 is 0. The largest absolute Gasteiger partial charge is 0.444 e. The predicted molar refractivity (Wildman–Crippen MR) is 114 cm³/mol. The maximum absolute atomic E-state index is 14.3. The third kappa shape index (κ3) is 6.58. The second kappa shape index (κ2) is 10.3. The highest BCUT2D eigenvalue weighted by molar-refractivity contribution is 5.86. The van der Waals surface area contributed by atoms with E-state index in [0.29, 0.717) is 11.3 Å². The molecule has 0 spiro atoms. The van der Waals surface area contributed by atoms with Crippen LogP contribution in [0.4, 0.5) is 22.4 Å². The van der Waals surface area contributed by atoms with Gasteiger partial charge in [-0.15, -0.1) is 0 Å². The van der Waals surface area contributed by atoms with Gasteiger partial charge in [0.05, 0.1) is 25.0 Å². The van der Waals surface area contributed by atoms with Crippen LogP contribution in [-0.2, 0) is 16.1 Å². The Labute approximate surface area is 194 Å². The third-order valence-electron chi connectivity index (χ3n) is 4.93. The van der Waals surface area contributed by atoms with Gasteiger partial charge in [0.25, 0.3) is 0 Å². The summed E-state index contributed by atoms with van der Waals surface area (Å²) < 4.78 is 62.5. The highest BCUT2D eigenvalue weighted by Crippen LogP contribution is 2.27. The van der Waals surface area contributed by atoms with Crippen LogP contribution in [0.25, 0.3) is 11.1 Å². The minimum Gasteiger partial charge on any atom is -0.444 e. The molecular formula is C23H25F4N3O4. The Balaban J connectivity index is 1.68. The third-order valence-corrected chi connectivity index (χ3v) is 4.93. The number of carbonyl (C=O) groups excluding carboxylic acids is 2. The summed E-state index contributed by atoms with van der Waals surface area (Å²) in [6.45, 7) is 1.67. The minimum absolute atomic E-state index is 0.0713. The Kier molecular flexibility index (Phi) is 7.63. The van der Waals surface area contributed by atoms with Crippen molar-refractivity contribution in [2.75, 3.05) is 6.54 Å². The van der Waals surface area contributed by atoms with Crippen molar-refractivity contribution in [3.05, 3.63) is 48.0 Å². The summed E-state index contributed by atoms with van der Waals surface area (Å²) in [4.78, 5) is 30.1. The van der Waals surface area contributed by atoms with Crippen molar-refractivity contribution in [1.82, 2.24) is 15.2 Å². The first kappa shape index (κ1) is 25.3. The summed E-state index contributed by atoms with van der Waals surface area (Å²) in [5.74, 6) is -1.31. The molecule has 1 fully saturated rings. The molecule has 1 aromatic heterocycles. The first-order valence-corrected chi connectivity index (χ1v) is 10.5. The van der Waals surface area contributed by atoms with E-state index in [2.05, 4.69) is 15.0 Å². The van der Waals surface area contributed by atoms with Gasteiger partial charge in [0.2, 0.25) is 5.91 Å². The highest BCUT2D eigenvalue weighted by Gasteiger charge is 2.41. The van der Waals surface area contributed by atoms with E-state index in [0.717, 1.165) is 11.1 Å². The minimum atomic E-state index is -2.97. The zero-order valence-corrected chi connectivity index (χ0v) is 18.9. The van der Waals surface area contributed by atoms with Gasteiger partial charge in [0, 0.05) is 12.0 Å². The number of nitrogens with one attached hydrogen (secondary N) is 1. The van der Waals surface area contributed by atoms with Gasteiger partial charge in [-0.1, -0.05) is 12.1 Å². The van der Waals surface area contributed by atoms with E-state index in [9.17, 15) is 27.2 Å². The molecule has 0 unspecified atom stereocenters. The van der Waals surface area contributed by atoms with E-state index in [-0.39, 0.29) is 30.8 Å². The number of halogens is 4. The van der Waals surface area contributed by atoms with Crippen LogP contribution in [0.3, 0.4) is 0 Å². The van der Waals surface area contributed by atoms with Crippen molar-refractivity contribution in [3.8, 4) is 16.9 Å². The second-order valence-corrected chi connectivity index (χ2v) is 8.76. The van der Waals surface area contributed by atoms with Crippen molar-refractivity contribution in [2.45, 2.75) is 58.2 Å². The van der Waals surface area contributed by atoms with Crippen molar-refractivity contribution < 1.29 is 36.6 Å². The molecule has 34 heavy (non-hydrogen) atoms. The summed E-state index contributed by atoms with van der Waals surface area (Å²) in [5, 5.41) is 2.59. The van der Waals surface area contributed by atoms with Crippen molar-refractivity contribution in [1.29, 1.82) is 0 Å². The highest BCUT2D eigenvalue weighted by atomic mass is 19.3. The first-order valence-electron chi connectivity index (χ1n) is 10.5.